The number of hydrogen-bond acceptors (Lipinski definition) is 5. The number of nitrogens with zero attached hydrogens (tertiary/aromatic N) is 4. The average molecular weight is 464 g/mol. The maximum Gasteiger partial charge on any atom is 0.341 e. The van der Waals surface area contributed by atoms with Gasteiger partial charge in [-0.3, -0.25) is 9.78 Å². The molecule has 0 amide bonds. The van der Waals surface area contributed by atoms with E-state index in [9.17, 15) is 19.1 Å². The Hall–Kier alpha value is -4.01. The molecule has 174 valence electrons. The van der Waals surface area contributed by atoms with E-state index in [0.717, 1.165) is 5.69 Å². The van der Waals surface area contributed by atoms with E-state index in [2.05, 4.69) is 9.88 Å². The Morgan fingerprint density at radius 3 is 2.38 bits per heavy atom. The first-order chi connectivity index (χ1) is 16.4. The summed E-state index contributed by atoms with van der Waals surface area (Å²) >= 11 is 0. The van der Waals surface area contributed by atoms with Gasteiger partial charge in [-0.1, -0.05) is 0 Å². The predicted molar refractivity (Wildman–Crippen MR) is 127 cm³/mol. The molecular weight excluding hydrogens is 442 g/mol. The third-order valence-corrected chi connectivity index (χ3v) is 6.37. The number of carbonyl (C=O) groups is 1. The van der Waals surface area contributed by atoms with Crippen LogP contribution in [0.3, 0.4) is 0 Å². The largest absolute Gasteiger partial charge is 0.477 e. The van der Waals surface area contributed by atoms with Gasteiger partial charge in [-0.2, -0.15) is 0 Å². The van der Waals surface area contributed by atoms with Crippen molar-refractivity contribution in [2.45, 2.75) is 13.5 Å². The Bertz CT molecular complexity index is 1480. The van der Waals surface area contributed by atoms with Gasteiger partial charge in [-0.15, -0.1) is 0 Å². The third-order valence-electron chi connectivity index (χ3n) is 6.37. The highest BCUT2D eigenvalue weighted by Gasteiger charge is 2.22. The van der Waals surface area contributed by atoms with Crippen LogP contribution < -0.4 is 15.2 Å². The number of pyridine rings is 2. The molecule has 0 aliphatic carbocycles. The van der Waals surface area contributed by atoms with Gasteiger partial charge in [0.15, 0.2) is 0 Å². The molecule has 1 N–H and O–H groups in total. The number of fused-ring (bicyclic) bond motifs is 3. The number of piperazine rings is 1. The fraction of sp³-hybridized carbons (Fsp3) is 0.240. The van der Waals surface area contributed by atoms with Crippen LogP contribution in [0.5, 0.6) is 0 Å². The number of halogens is 2. The lowest BCUT2D eigenvalue weighted by molar-refractivity contribution is 0.0695. The molecule has 9 heteroatoms. The summed E-state index contributed by atoms with van der Waals surface area (Å²) in [5.74, 6) is -2.11. The normalized spacial score (nSPS) is 14.2. The molecule has 7 nitrogen and oxygen atoms in total. The molecule has 0 bridgehead atoms. The van der Waals surface area contributed by atoms with Crippen LogP contribution in [0.1, 0.15) is 17.3 Å². The van der Waals surface area contributed by atoms with Crippen molar-refractivity contribution in [3.05, 3.63) is 76.2 Å². The van der Waals surface area contributed by atoms with Crippen LogP contribution in [0.4, 0.5) is 20.2 Å². The van der Waals surface area contributed by atoms with Crippen molar-refractivity contribution in [2.24, 2.45) is 0 Å². The van der Waals surface area contributed by atoms with E-state index in [1.807, 2.05) is 11.8 Å². The molecule has 0 atom stereocenters. The number of anilines is 2. The van der Waals surface area contributed by atoms with E-state index in [1.54, 1.807) is 22.8 Å². The van der Waals surface area contributed by atoms with Crippen molar-refractivity contribution >= 4 is 39.1 Å². The standard InChI is InChI=1S/C25H22F2N4O3/c1-2-29-14-18(25(33)34)24(32)23-17-11-19(27)21(12-20(17)28-13-22(23)29)31-9-7-30(8-10-31)16-5-3-15(26)4-6-16/h3-6,11-14H,2,7-10H2,1H3,(H,33,34). The maximum absolute atomic E-state index is 15.3. The Morgan fingerprint density at radius 2 is 1.74 bits per heavy atom. The number of carboxylic acids is 1. The first-order valence-electron chi connectivity index (χ1n) is 11.0. The van der Waals surface area contributed by atoms with Gasteiger partial charge in [0.05, 0.1) is 28.3 Å². The predicted octanol–water partition coefficient (Wildman–Crippen LogP) is 3.87. The van der Waals surface area contributed by atoms with Gasteiger partial charge in [0.2, 0.25) is 5.43 Å². The number of carboxylic acid groups (broad SMARTS) is 1. The molecule has 2 aromatic heterocycles. The molecule has 0 spiro atoms. The van der Waals surface area contributed by atoms with E-state index < -0.39 is 17.2 Å². The van der Waals surface area contributed by atoms with Gasteiger partial charge in [0, 0.05) is 50.0 Å². The van der Waals surface area contributed by atoms with E-state index in [0.29, 0.717) is 54.8 Å². The van der Waals surface area contributed by atoms with Crippen LogP contribution in [0, 0.1) is 11.6 Å². The van der Waals surface area contributed by atoms with Crippen molar-refractivity contribution < 1.29 is 18.7 Å². The fourth-order valence-electron chi connectivity index (χ4n) is 4.58. The maximum atomic E-state index is 15.3. The van der Waals surface area contributed by atoms with Gasteiger partial charge in [0.25, 0.3) is 0 Å². The average Bonchev–Trinajstić information content (AvgIpc) is 2.84. The van der Waals surface area contributed by atoms with Crippen LogP contribution in [-0.2, 0) is 6.54 Å². The fourth-order valence-corrected chi connectivity index (χ4v) is 4.58. The number of aromatic carboxylic acids is 1. The number of hydrogen-bond donors (Lipinski definition) is 1. The number of rotatable bonds is 4. The topological polar surface area (TPSA) is 78.7 Å². The van der Waals surface area contributed by atoms with Crippen molar-refractivity contribution in [3.63, 3.8) is 0 Å². The zero-order valence-corrected chi connectivity index (χ0v) is 18.5. The minimum Gasteiger partial charge on any atom is -0.477 e. The molecule has 1 aliphatic rings. The van der Waals surface area contributed by atoms with Gasteiger partial charge >= 0.3 is 5.97 Å². The second-order valence-electron chi connectivity index (χ2n) is 8.25. The molecule has 1 aliphatic heterocycles. The van der Waals surface area contributed by atoms with Crippen LogP contribution >= 0.6 is 0 Å². The molecular formula is C25H22F2N4O3. The number of aryl methyl sites for hydroxylation is 1. The molecule has 1 saturated heterocycles. The molecule has 4 aromatic rings. The summed E-state index contributed by atoms with van der Waals surface area (Å²) in [5, 5.41) is 9.91. The Kier molecular flexibility index (Phi) is 5.39. The van der Waals surface area contributed by atoms with Crippen molar-refractivity contribution in [1.29, 1.82) is 0 Å². The van der Waals surface area contributed by atoms with Crippen molar-refractivity contribution in [2.75, 3.05) is 36.0 Å². The Morgan fingerprint density at radius 1 is 1.06 bits per heavy atom. The second kappa shape index (κ2) is 8.40. The van der Waals surface area contributed by atoms with E-state index in [-0.39, 0.29) is 16.8 Å². The minimum absolute atomic E-state index is 0.151. The monoisotopic (exact) mass is 464 g/mol. The van der Waals surface area contributed by atoms with Gasteiger partial charge < -0.3 is 19.5 Å². The SMILES string of the molecule is CCn1cc(C(=O)O)c(=O)c2c3cc(F)c(N4CCN(c5ccc(F)cc5)CC4)cc3ncc21. The first-order valence-corrected chi connectivity index (χ1v) is 11.0. The zero-order chi connectivity index (χ0) is 24.0. The molecule has 3 heterocycles. The van der Waals surface area contributed by atoms with Gasteiger partial charge in [0.1, 0.15) is 17.2 Å². The van der Waals surface area contributed by atoms with Crippen LogP contribution in [0.15, 0.2) is 53.6 Å². The molecule has 2 aromatic carbocycles. The Balaban J connectivity index is 1.53. The lowest BCUT2D eigenvalue weighted by Gasteiger charge is -2.37. The summed E-state index contributed by atoms with van der Waals surface area (Å²) < 4.78 is 30.2. The second-order valence-corrected chi connectivity index (χ2v) is 8.25. The summed E-state index contributed by atoms with van der Waals surface area (Å²) in [5.41, 5.74) is 1.16. The van der Waals surface area contributed by atoms with Crippen LogP contribution in [0.25, 0.3) is 21.8 Å². The van der Waals surface area contributed by atoms with E-state index in [4.69, 9.17) is 0 Å². The highest BCUT2D eigenvalue weighted by atomic mass is 19.1. The van der Waals surface area contributed by atoms with Crippen LogP contribution in [0.2, 0.25) is 0 Å². The van der Waals surface area contributed by atoms with Crippen molar-refractivity contribution in [1.82, 2.24) is 9.55 Å². The van der Waals surface area contributed by atoms with Gasteiger partial charge in [-0.25, -0.2) is 13.6 Å². The summed E-state index contributed by atoms with van der Waals surface area (Å²) in [6.45, 7) is 4.64. The molecule has 0 saturated carbocycles. The molecule has 5 rings (SSSR count). The summed E-state index contributed by atoms with van der Waals surface area (Å²) in [6.07, 6.45) is 2.83. The molecule has 0 unspecified atom stereocenters. The highest BCUT2D eigenvalue weighted by Crippen LogP contribution is 2.30. The van der Waals surface area contributed by atoms with Crippen molar-refractivity contribution in [3.8, 4) is 0 Å². The third kappa shape index (κ3) is 3.63. The highest BCUT2D eigenvalue weighted by molar-refractivity contribution is 6.07. The zero-order valence-electron chi connectivity index (χ0n) is 18.5. The first kappa shape index (κ1) is 21.8. The van der Waals surface area contributed by atoms with E-state index in [1.165, 1.54) is 30.6 Å². The van der Waals surface area contributed by atoms with Crippen LogP contribution in [-0.4, -0.2) is 46.8 Å². The van der Waals surface area contributed by atoms with Gasteiger partial charge in [-0.05, 0) is 43.3 Å². The Labute approximate surface area is 193 Å². The summed E-state index contributed by atoms with van der Waals surface area (Å²) in [4.78, 5) is 33.1. The summed E-state index contributed by atoms with van der Waals surface area (Å²) in [6, 6.07) is 9.18. The number of benzene rings is 2. The summed E-state index contributed by atoms with van der Waals surface area (Å²) in [7, 11) is 0. The van der Waals surface area contributed by atoms with E-state index >= 15 is 4.39 Å². The minimum atomic E-state index is -1.32. The molecule has 0 radical (unpaired) electrons. The quantitative estimate of drug-likeness (QED) is 0.462. The lowest BCUT2D eigenvalue weighted by Crippen LogP contribution is -2.46. The lowest BCUT2D eigenvalue weighted by atomic mass is 10.1. The molecule has 34 heavy (non-hydrogen) atoms. The number of aromatic nitrogens is 2. The molecule has 1 fully saturated rings. The smallest absolute Gasteiger partial charge is 0.341 e.